The zero-order valence-electron chi connectivity index (χ0n) is 17.4. The van der Waals surface area contributed by atoms with Crippen LogP contribution in [0.4, 0.5) is 0 Å². The van der Waals surface area contributed by atoms with Crippen LogP contribution in [-0.4, -0.2) is 12.1 Å². The fraction of sp³-hybridized carbons (Fsp3) is 0.200. The highest BCUT2D eigenvalue weighted by atomic mass is 35.5. The Morgan fingerprint density at radius 2 is 1.60 bits per heavy atom. The molecule has 0 aliphatic heterocycles. The Kier molecular flexibility index (Phi) is 7.35. The highest BCUT2D eigenvalue weighted by Gasteiger charge is 2.12. The van der Waals surface area contributed by atoms with Gasteiger partial charge in [-0.1, -0.05) is 68.8 Å². The van der Waals surface area contributed by atoms with Crippen LogP contribution in [0.1, 0.15) is 47.8 Å². The van der Waals surface area contributed by atoms with E-state index < -0.39 is 0 Å². The van der Waals surface area contributed by atoms with Crippen molar-refractivity contribution in [3.63, 3.8) is 0 Å². The van der Waals surface area contributed by atoms with Crippen LogP contribution in [0.3, 0.4) is 0 Å². The molecule has 0 aromatic heterocycles. The zero-order chi connectivity index (χ0) is 21.6. The fourth-order valence-electron chi connectivity index (χ4n) is 2.75. The first-order valence-corrected chi connectivity index (χ1v) is 11.1. The first kappa shape index (κ1) is 22.1. The van der Waals surface area contributed by atoms with Gasteiger partial charge >= 0.3 is 0 Å². The summed E-state index contributed by atoms with van der Waals surface area (Å²) >= 11 is 7.64. The van der Waals surface area contributed by atoms with Gasteiger partial charge in [0.05, 0.1) is 6.21 Å². The molecule has 3 aromatic rings. The summed E-state index contributed by atoms with van der Waals surface area (Å²) in [5.74, 6) is 0.598. The molecule has 5 heteroatoms. The number of nitrogens with one attached hydrogen (secondary N) is 1. The van der Waals surface area contributed by atoms with Gasteiger partial charge in [-0.25, -0.2) is 5.43 Å². The van der Waals surface area contributed by atoms with E-state index in [0.29, 0.717) is 5.56 Å². The Hall–Kier alpha value is -2.56. The minimum absolute atomic E-state index is 0.114. The second kappa shape index (κ2) is 9.96. The van der Waals surface area contributed by atoms with Crippen LogP contribution in [0.25, 0.3) is 0 Å². The van der Waals surface area contributed by atoms with E-state index in [1.54, 1.807) is 18.0 Å². The number of nitrogens with zero attached hydrogens (tertiary/aromatic N) is 1. The second-order valence-corrected chi connectivity index (χ2v) is 9.50. The van der Waals surface area contributed by atoms with E-state index in [4.69, 9.17) is 11.6 Å². The minimum atomic E-state index is -0.227. The summed E-state index contributed by atoms with van der Waals surface area (Å²) in [5, 5.41) is 4.81. The van der Waals surface area contributed by atoms with Gasteiger partial charge in [0.2, 0.25) is 0 Å². The summed E-state index contributed by atoms with van der Waals surface area (Å²) in [5.41, 5.74) is 6.63. The van der Waals surface area contributed by atoms with Gasteiger partial charge in [0, 0.05) is 21.2 Å². The number of amides is 1. The predicted octanol–water partition coefficient (Wildman–Crippen LogP) is 6.69. The summed E-state index contributed by atoms with van der Waals surface area (Å²) in [4.78, 5) is 13.5. The van der Waals surface area contributed by atoms with Crippen LogP contribution in [0.5, 0.6) is 0 Å². The third kappa shape index (κ3) is 6.48. The number of thioether (sulfide) groups is 1. The monoisotopic (exact) mass is 436 g/mol. The number of hydrazone groups is 1. The molecule has 0 radical (unpaired) electrons. The molecule has 1 amide bonds. The Bertz CT molecular complexity index is 1010. The van der Waals surface area contributed by atoms with Crippen LogP contribution < -0.4 is 5.43 Å². The van der Waals surface area contributed by atoms with Crippen molar-refractivity contribution >= 4 is 35.5 Å². The maximum absolute atomic E-state index is 12.3. The molecule has 3 nitrogen and oxygen atoms in total. The number of carbonyl (C=O) groups excluding carboxylic acids is 1. The van der Waals surface area contributed by atoms with Crippen LogP contribution >= 0.6 is 23.4 Å². The molecule has 30 heavy (non-hydrogen) atoms. The van der Waals surface area contributed by atoms with Gasteiger partial charge in [0.1, 0.15) is 0 Å². The van der Waals surface area contributed by atoms with Crippen molar-refractivity contribution in [1.82, 2.24) is 5.43 Å². The number of benzene rings is 3. The highest BCUT2D eigenvalue weighted by molar-refractivity contribution is 7.98. The maximum atomic E-state index is 12.3. The molecule has 0 aliphatic carbocycles. The molecule has 1 N–H and O–H groups in total. The molecular formula is C25H25ClN2OS. The lowest BCUT2D eigenvalue weighted by Crippen LogP contribution is -2.17. The molecule has 0 bridgehead atoms. The molecule has 3 aromatic carbocycles. The molecule has 0 fully saturated rings. The van der Waals surface area contributed by atoms with Crippen molar-refractivity contribution in [2.24, 2.45) is 5.10 Å². The lowest BCUT2D eigenvalue weighted by molar-refractivity contribution is 0.0955. The van der Waals surface area contributed by atoms with Crippen LogP contribution in [0, 0.1) is 0 Å². The number of halogens is 1. The molecule has 0 heterocycles. The summed E-state index contributed by atoms with van der Waals surface area (Å²) < 4.78 is 0. The lowest BCUT2D eigenvalue weighted by Gasteiger charge is -2.18. The second-order valence-electron chi connectivity index (χ2n) is 8.01. The van der Waals surface area contributed by atoms with E-state index in [0.717, 1.165) is 26.8 Å². The predicted molar refractivity (Wildman–Crippen MR) is 128 cm³/mol. The van der Waals surface area contributed by atoms with Crippen molar-refractivity contribution in [2.75, 3.05) is 0 Å². The van der Waals surface area contributed by atoms with Crippen molar-refractivity contribution in [3.8, 4) is 0 Å². The largest absolute Gasteiger partial charge is 0.271 e. The Balaban J connectivity index is 1.51. The Labute approximate surface area is 187 Å². The van der Waals surface area contributed by atoms with Crippen molar-refractivity contribution in [3.05, 3.63) is 100 Å². The van der Waals surface area contributed by atoms with E-state index in [-0.39, 0.29) is 11.3 Å². The normalized spacial score (nSPS) is 11.6. The average Bonchev–Trinajstić information content (AvgIpc) is 2.73. The number of carbonyl (C=O) groups is 1. The van der Waals surface area contributed by atoms with Crippen molar-refractivity contribution in [2.45, 2.75) is 36.8 Å². The molecule has 154 valence electrons. The van der Waals surface area contributed by atoms with Crippen molar-refractivity contribution in [1.29, 1.82) is 0 Å². The summed E-state index contributed by atoms with van der Waals surface area (Å²) in [6.45, 7) is 6.54. The van der Waals surface area contributed by atoms with E-state index in [1.165, 1.54) is 5.56 Å². The molecule has 0 saturated carbocycles. The first-order chi connectivity index (χ1) is 14.3. The van der Waals surface area contributed by atoms with E-state index in [2.05, 4.69) is 43.4 Å². The molecule has 0 saturated heterocycles. The number of hydrogen-bond acceptors (Lipinski definition) is 3. The molecule has 0 spiro atoms. The molecular weight excluding hydrogens is 412 g/mol. The fourth-order valence-corrected chi connectivity index (χ4v) is 3.73. The average molecular weight is 437 g/mol. The van der Waals surface area contributed by atoms with E-state index in [9.17, 15) is 4.79 Å². The quantitative estimate of drug-likeness (QED) is 0.265. The van der Waals surface area contributed by atoms with Gasteiger partial charge in [-0.3, -0.25) is 4.79 Å². The highest BCUT2D eigenvalue weighted by Crippen LogP contribution is 2.24. The Morgan fingerprint density at radius 1 is 0.967 bits per heavy atom. The molecule has 0 unspecified atom stereocenters. The van der Waals surface area contributed by atoms with Gasteiger partial charge in [0.15, 0.2) is 0 Å². The third-order valence-electron chi connectivity index (χ3n) is 4.59. The van der Waals surface area contributed by atoms with Crippen molar-refractivity contribution < 1.29 is 4.79 Å². The summed E-state index contributed by atoms with van der Waals surface area (Å²) in [7, 11) is 0. The minimum Gasteiger partial charge on any atom is -0.267 e. The molecule has 0 atom stereocenters. The zero-order valence-corrected chi connectivity index (χ0v) is 18.9. The summed E-state index contributed by atoms with van der Waals surface area (Å²) in [6.07, 6.45) is 1.65. The number of rotatable bonds is 6. The van der Waals surface area contributed by atoms with Gasteiger partial charge in [-0.05, 0) is 58.5 Å². The van der Waals surface area contributed by atoms with Gasteiger partial charge in [-0.2, -0.15) is 5.10 Å². The molecule has 3 rings (SSSR count). The Morgan fingerprint density at radius 3 is 2.20 bits per heavy atom. The van der Waals surface area contributed by atoms with E-state index in [1.807, 2.05) is 60.7 Å². The molecule has 0 aliphatic rings. The van der Waals surface area contributed by atoms with Gasteiger partial charge < -0.3 is 0 Å². The summed E-state index contributed by atoms with van der Waals surface area (Å²) in [6, 6.07) is 23.5. The maximum Gasteiger partial charge on any atom is 0.271 e. The number of hydrogen-bond donors (Lipinski definition) is 1. The van der Waals surface area contributed by atoms with E-state index >= 15 is 0 Å². The lowest BCUT2D eigenvalue weighted by atomic mass is 9.87. The van der Waals surface area contributed by atoms with Crippen LogP contribution in [-0.2, 0) is 11.2 Å². The smallest absolute Gasteiger partial charge is 0.267 e. The standard InChI is InChI=1S/C25H25ClN2OS/c1-25(2,3)21-10-6-18(7-11-21)16-27-28-24(29)20-8-4-19(5-9-20)17-30-23-14-12-22(26)13-15-23/h4-16H,17H2,1-3H3,(H,28,29)/b27-16-. The topological polar surface area (TPSA) is 41.5 Å². The third-order valence-corrected chi connectivity index (χ3v) is 5.93. The van der Waals surface area contributed by atoms with Gasteiger partial charge in [0.25, 0.3) is 5.91 Å². The SMILES string of the molecule is CC(C)(C)c1ccc(/C=N\NC(=O)c2ccc(CSc3ccc(Cl)cc3)cc2)cc1. The van der Waals surface area contributed by atoms with Gasteiger partial charge in [-0.15, -0.1) is 11.8 Å². The first-order valence-electron chi connectivity index (χ1n) is 9.72. The van der Waals surface area contributed by atoms with Crippen LogP contribution in [0.2, 0.25) is 5.02 Å². The van der Waals surface area contributed by atoms with Crippen LogP contribution in [0.15, 0.2) is 82.8 Å².